The average Bonchev–Trinajstić information content (AvgIpc) is 2.63. The average molecular weight is 391 g/mol. The molecule has 0 aromatic heterocycles. The van der Waals surface area contributed by atoms with E-state index in [9.17, 15) is 0 Å². The van der Waals surface area contributed by atoms with Gasteiger partial charge in [0.1, 0.15) is 0 Å². The summed E-state index contributed by atoms with van der Waals surface area (Å²) >= 11 is -2.06. The van der Waals surface area contributed by atoms with E-state index in [1.165, 1.54) is 59.8 Å². The Hall–Kier alpha value is -0.697. The number of rotatable bonds is 13. The summed E-state index contributed by atoms with van der Waals surface area (Å²) in [6, 6.07) is 11.2. The molecule has 0 saturated heterocycles. The van der Waals surface area contributed by atoms with Crippen molar-refractivity contribution in [1.29, 1.82) is 0 Å². The van der Waals surface area contributed by atoms with Gasteiger partial charge < -0.3 is 0 Å². The molecule has 0 aliphatic heterocycles. The van der Waals surface area contributed by atoms with Gasteiger partial charge in [0.15, 0.2) is 0 Å². The van der Waals surface area contributed by atoms with Gasteiger partial charge in [0.05, 0.1) is 0 Å². The zero-order valence-electron chi connectivity index (χ0n) is 16.4. The Bertz CT molecular complexity index is 419. The molecule has 0 N–H and O–H groups in total. The number of hydrogen-bond acceptors (Lipinski definition) is 1. The van der Waals surface area contributed by atoms with E-state index in [1.54, 1.807) is 7.11 Å². The fourth-order valence-corrected chi connectivity index (χ4v) is 17.0. The molecular weight excluding hydrogens is 353 g/mol. The van der Waals surface area contributed by atoms with Gasteiger partial charge in [0.2, 0.25) is 0 Å². The van der Waals surface area contributed by atoms with Gasteiger partial charge in [-0.2, -0.15) is 0 Å². The van der Waals surface area contributed by atoms with Crippen LogP contribution >= 0.6 is 0 Å². The molecule has 1 nitrogen and oxygen atoms in total. The van der Waals surface area contributed by atoms with Crippen molar-refractivity contribution in [2.45, 2.75) is 79.8 Å². The first-order chi connectivity index (χ1) is 11.7. The molecule has 0 radical (unpaired) electrons. The summed E-state index contributed by atoms with van der Waals surface area (Å²) < 4.78 is 5.99. The van der Waals surface area contributed by atoms with E-state index in [2.05, 4.69) is 57.2 Å². The van der Waals surface area contributed by atoms with Crippen LogP contribution in [0.1, 0.15) is 69.6 Å². The van der Waals surface area contributed by atoms with Crippen LogP contribution in [-0.2, 0) is 4.74 Å². The molecule has 136 valence electrons. The van der Waals surface area contributed by atoms with E-state index in [1.807, 2.05) is 6.26 Å². The first kappa shape index (κ1) is 21.3. The third-order valence-corrected chi connectivity index (χ3v) is 17.7. The van der Waals surface area contributed by atoms with E-state index in [0.717, 1.165) is 0 Å². The molecule has 0 fully saturated rings. The number of hydrogen-bond donors (Lipinski definition) is 0. The minimum absolute atomic E-state index is 0.635. The first-order valence-electron chi connectivity index (χ1n) is 9.98. The molecule has 0 amide bonds. The predicted molar refractivity (Wildman–Crippen MR) is 110 cm³/mol. The van der Waals surface area contributed by atoms with Crippen LogP contribution in [0.25, 0.3) is 0 Å². The summed E-state index contributed by atoms with van der Waals surface area (Å²) in [6.07, 6.45) is 12.5. The normalized spacial score (nSPS) is 13.3. The Morgan fingerprint density at radius 1 is 0.875 bits per heavy atom. The second-order valence-corrected chi connectivity index (χ2v) is 17.3. The van der Waals surface area contributed by atoms with Gasteiger partial charge in [0.25, 0.3) is 0 Å². The number of ether oxygens (including phenoxy) is 1. The van der Waals surface area contributed by atoms with Gasteiger partial charge in [-0.3, -0.25) is 0 Å². The molecule has 1 atom stereocenters. The number of benzene rings is 1. The summed E-state index contributed by atoms with van der Waals surface area (Å²) in [5, 5.41) is 4.51. The van der Waals surface area contributed by atoms with Crippen LogP contribution in [-0.4, -0.2) is 20.4 Å². The molecular formula is C22H38GeO. The molecule has 0 bridgehead atoms. The van der Waals surface area contributed by atoms with Gasteiger partial charge in [-0.15, -0.1) is 0 Å². The van der Waals surface area contributed by atoms with Crippen molar-refractivity contribution in [3.8, 4) is 0 Å². The molecule has 0 spiro atoms. The molecule has 1 aromatic rings. The van der Waals surface area contributed by atoms with Crippen molar-refractivity contribution in [3.05, 3.63) is 48.2 Å². The van der Waals surface area contributed by atoms with Gasteiger partial charge in [-0.05, 0) is 0 Å². The zero-order chi connectivity index (χ0) is 17.7. The molecule has 0 aliphatic rings. The monoisotopic (exact) mass is 392 g/mol. The van der Waals surface area contributed by atoms with Crippen molar-refractivity contribution in [1.82, 2.24) is 0 Å². The zero-order valence-corrected chi connectivity index (χ0v) is 18.5. The Morgan fingerprint density at radius 2 is 1.38 bits per heavy atom. The van der Waals surface area contributed by atoms with E-state index < -0.39 is 13.3 Å². The Labute approximate surface area is 153 Å². The van der Waals surface area contributed by atoms with Crippen LogP contribution in [0.3, 0.4) is 0 Å². The van der Waals surface area contributed by atoms with Gasteiger partial charge in [0, 0.05) is 0 Å². The standard InChI is InChI=1S/C22H38GeO/c1-5-8-17-23(18-9-6-2,19-10-7-3)22(16-20-24-4)21-14-12-11-13-15-21/h11-16,20,22H,5-10,17-19H2,1-4H3/b20-16+. The number of unbranched alkanes of at least 4 members (excludes halogenated alkanes) is 3. The summed E-state index contributed by atoms with van der Waals surface area (Å²) in [4.78, 5) is 0. The van der Waals surface area contributed by atoms with E-state index in [0.29, 0.717) is 4.75 Å². The van der Waals surface area contributed by atoms with Gasteiger partial charge in [-0.25, -0.2) is 0 Å². The molecule has 0 aliphatic carbocycles. The van der Waals surface area contributed by atoms with Crippen LogP contribution in [0.4, 0.5) is 0 Å². The summed E-state index contributed by atoms with van der Waals surface area (Å²) in [5.74, 6) is 0. The molecule has 24 heavy (non-hydrogen) atoms. The molecule has 2 heteroatoms. The minimum atomic E-state index is -2.06. The molecule has 1 rings (SSSR count). The quantitative estimate of drug-likeness (QED) is 0.253. The second-order valence-electron chi connectivity index (χ2n) is 7.13. The van der Waals surface area contributed by atoms with E-state index in [-0.39, 0.29) is 0 Å². The van der Waals surface area contributed by atoms with Crippen LogP contribution in [0, 0.1) is 0 Å². The third kappa shape index (κ3) is 6.66. The number of methoxy groups -OCH3 is 1. The Kier molecular flexibility index (Phi) is 11.2. The summed E-state index contributed by atoms with van der Waals surface area (Å²) in [5.41, 5.74) is 1.52. The maximum atomic E-state index is 5.35. The van der Waals surface area contributed by atoms with Crippen LogP contribution < -0.4 is 0 Å². The van der Waals surface area contributed by atoms with Crippen molar-refractivity contribution in [2.75, 3.05) is 7.11 Å². The Balaban J connectivity index is 3.25. The van der Waals surface area contributed by atoms with Crippen molar-refractivity contribution in [3.63, 3.8) is 0 Å². The predicted octanol–water partition coefficient (Wildman–Crippen LogP) is 7.32. The molecule has 0 saturated carbocycles. The van der Waals surface area contributed by atoms with Crippen molar-refractivity contribution in [2.24, 2.45) is 0 Å². The molecule has 0 heterocycles. The topological polar surface area (TPSA) is 9.23 Å². The summed E-state index contributed by atoms with van der Waals surface area (Å²) in [7, 11) is 1.78. The molecule has 1 unspecified atom stereocenters. The first-order valence-corrected chi connectivity index (χ1v) is 15.6. The Morgan fingerprint density at radius 3 is 1.79 bits per heavy atom. The van der Waals surface area contributed by atoms with Crippen LogP contribution in [0.2, 0.25) is 15.8 Å². The van der Waals surface area contributed by atoms with Crippen molar-refractivity contribution < 1.29 is 4.74 Å². The summed E-state index contributed by atoms with van der Waals surface area (Å²) in [6.45, 7) is 7.03. The van der Waals surface area contributed by atoms with Crippen LogP contribution in [0.5, 0.6) is 0 Å². The van der Waals surface area contributed by atoms with Crippen molar-refractivity contribution >= 4 is 13.3 Å². The number of allylic oxidation sites excluding steroid dienone is 1. The maximum absolute atomic E-state index is 5.35. The second kappa shape index (κ2) is 12.6. The van der Waals surface area contributed by atoms with E-state index in [4.69, 9.17) is 4.74 Å². The van der Waals surface area contributed by atoms with E-state index >= 15 is 0 Å². The van der Waals surface area contributed by atoms with Gasteiger partial charge >= 0.3 is 153 Å². The SMILES string of the molecule is CCC[CH2][Ge]([CH2]CCC)([CH2]CCC)[CH](/C=C/OC)c1ccccc1. The molecule has 1 aromatic carbocycles. The fraction of sp³-hybridized carbons (Fsp3) is 0.636. The fourth-order valence-electron chi connectivity index (χ4n) is 3.91. The van der Waals surface area contributed by atoms with Crippen LogP contribution in [0.15, 0.2) is 42.7 Å². The third-order valence-electron chi connectivity index (χ3n) is 5.31. The van der Waals surface area contributed by atoms with Gasteiger partial charge in [-0.1, -0.05) is 0 Å².